The topological polar surface area (TPSA) is 246 Å². The zero-order valence-corrected chi connectivity index (χ0v) is 18.4. The fourth-order valence-corrected chi connectivity index (χ4v) is 4.57. The molecule has 7 N–H and O–H groups in total. The Morgan fingerprint density at radius 2 is 1.42 bits per heavy atom. The van der Waals surface area contributed by atoms with Crippen LogP contribution in [0.4, 0.5) is 17.1 Å². The highest BCUT2D eigenvalue weighted by molar-refractivity contribution is 7.86. The van der Waals surface area contributed by atoms with Crippen molar-refractivity contribution < 1.29 is 44.0 Å². The molecule has 3 aromatic rings. The highest BCUT2D eigenvalue weighted by Gasteiger charge is 2.23. The number of fused-ring (bicyclic) bond motifs is 1. The van der Waals surface area contributed by atoms with Crippen LogP contribution in [-0.4, -0.2) is 44.0 Å². The van der Waals surface area contributed by atoms with E-state index in [-0.39, 0.29) is 16.5 Å². The van der Waals surface area contributed by atoms with E-state index in [0.29, 0.717) is 0 Å². The minimum atomic E-state index is -5.02. The zero-order valence-electron chi connectivity index (χ0n) is 16.0. The van der Waals surface area contributed by atoms with E-state index >= 15 is 0 Å². The van der Waals surface area contributed by atoms with Crippen LogP contribution in [0.2, 0.25) is 0 Å². The lowest BCUT2D eigenvalue weighted by molar-refractivity contribution is 0.473. The average molecular weight is 519 g/mol. The number of hydrogen-bond donors (Lipinski definition) is 6. The van der Waals surface area contributed by atoms with Crippen LogP contribution in [0.15, 0.2) is 67.5 Å². The Balaban J connectivity index is 2.16. The Bertz CT molecular complexity index is 1630. The van der Waals surface area contributed by atoms with Crippen LogP contribution >= 0.6 is 0 Å². The second-order valence-electron chi connectivity index (χ2n) is 6.45. The molecule has 0 aliphatic carbocycles. The van der Waals surface area contributed by atoms with Crippen molar-refractivity contribution in [1.82, 2.24) is 0 Å². The monoisotopic (exact) mass is 518 g/mol. The fraction of sp³-hybridized carbons (Fsp3) is 0. The van der Waals surface area contributed by atoms with Gasteiger partial charge in [0.15, 0.2) is 0 Å². The van der Waals surface area contributed by atoms with Gasteiger partial charge in [-0.05, 0) is 47.9 Å². The van der Waals surface area contributed by atoms with Gasteiger partial charge < -0.3 is 10.8 Å². The molecule has 3 aromatic carbocycles. The van der Waals surface area contributed by atoms with Crippen molar-refractivity contribution in [2.24, 2.45) is 10.3 Å². The molecular weight excluding hydrogens is 504 g/mol. The molecule has 33 heavy (non-hydrogen) atoms. The number of nitrogen functional groups attached to an aromatic ring is 1. The predicted molar refractivity (Wildman–Crippen MR) is 114 cm³/mol. The van der Waals surface area contributed by atoms with Gasteiger partial charge >= 0.3 is 0 Å². The molecule has 14 nitrogen and oxygen atoms in total. The van der Waals surface area contributed by atoms with Crippen molar-refractivity contribution in [2.45, 2.75) is 14.7 Å². The fourth-order valence-electron chi connectivity index (χ4n) is 2.77. The highest BCUT2D eigenvalue weighted by atomic mass is 32.2. The van der Waals surface area contributed by atoms with Gasteiger partial charge in [-0.25, -0.2) is 0 Å². The van der Waals surface area contributed by atoms with Crippen molar-refractivity contribution >= 4 is 58.2 Å². The van der Waals surface area contributed by atoms with Gasteiger partial charge in [-0.3, -0.25) is 19.1 Å². The molecule has 0 aliphatic heterocycles. The van der Waals surface area contributed by atoms with Gasteiger partial charge in [-0.1, -0.05) is 5.22 Å². The number of rotatable bonds is 6. The Kier molecular flexibility index (Phi) is 6.04. The summed E-state index contributed by atoms with van der Waals surface area (Å²) in [6.45, 7) is 0. The lowest BCUT2D eigenvalue weighted by atomic mass is 10.1. The van der Waals surface area contributed by atoms with E-state index in [1.54, 1.807) is 0 Å². The molecule has 17 heteroatoms. The summed E-state index contributed by atoms with van der Waals surface area (Å²) >= 11 is 0. The quantitative estimate of drug-likeness (QED) is 0.0901. The van der Waals surface area contributed by atoms with Crippen LogP contribution < -0.4 is 11.2 Å². The van der Waals surface area contributed by atoms with Gasteiger partial charge in [0, 0.05) is 11.1 Å². The summed E-state index contributed by atoms with van der Waals surface area (Å²) in [4.78, 5) is -2.21. The van der Waals surface area contributed by atoms with Crippen LogP contribution in [0, 0.1) is 0 Å². The normalized spacial score (nSPS) is 12.9. The van der Waals surface area contributed by atoms with Crippen molar-refractivity contribution in [2.75, 3.05) is 11.2 Å². The summed E-state index contributed by atoms with van der Waals surface area (Å²) in [6, 6.07) is 6.79. The van der Waals surface area contributed by atoms with E-state index in [1.165, 1.54) is 6.07 Å². The van der Waals surface area contributed by atoms with Crippen molar-refractivity contribution in [3.05, 3.63) is 42.5 Å². The summed E-state index contributed by atoms with van der Waals surface area (Å²) in [5.41, 5.74) is 6.54. The van der Waals surface area contributed by atoms with Crippen LogP contribution in [0.1, 0.15) is 0 Å². The summed E-state index contributed by atoms with van der Waals surface area (Å²) in [5.74, 6) is -0.802. The van der Waals surface area contributed by atoms with E-state index in [1.807, 2.05) is 0 Å². The maximum Gasteiger partial charge on any atom is 0.296 e. The van der Waals surface area contributed by atoms with Gasteiger partial charge in [0.05, 0.1) is 4.90 Å². The molecule has 0 spiro atoms. The molecule has 0 heterocycles. The molecule has 0 aromatic heterocycles. The molecule has 0 bridgehead atoms. The number of benzene rings is 3. The Morgan fingerprint density at radius 3 is 2.00 bits per heavy atom. The maximum absolute atomic E-state index is 11.8. The number of phenolic OH excluding ortho intramolecular Hbond substituents is 1. The van der Waals surface area contributed by atoms with Gasteiger partial charge in [-0.15, -0.1) is 5.11 Å². The molecule has 0 aliphatic rings. The molecule has 176 valence electrons. The Hall–Kier alpha value is -3.35. The van der Waals surface area contributed by atoms with Gasteiger partial charge in [0.25, 0.3) is 30.4 Å². The van der Waals surface area contributed by atoms with E-state index < -0.39 is 62.2 Å². The number of hydrogen-bond acceptors (Lipinski definition) is 10. The molecular formula is C16H14N4O10S3. The van der Waals surface area contributed by atoms with Gasteiger partial charge in [0.1, 0.15) is 26.9 Å². The van der Waals surface area contributed by atoms with Crippen molar-refractivity contribution in [3.63, 3.8) is 0 Å². The molecule has 0 atom stereocenters. The first kappa shape index (κ1) is 24.3. The van der Waals surface area contributed by atoms with Crippen molar-refractivity contribution in [3.8, 4) is 5.75 Å². The van der Waals surface area contributed by atoms with Crippen LogP contribution in [-0.2, 0) is 30.4 Å². The molecule has 0 amide bonds. The standard InChI is InChI=1S/C16H14N4O10S3/c17-9-1-4-13(32(25,26)27)12(7-9)18-20-19-15-14(33(28,29)30)6-8-5-10(31(22,23)24)2-3-11(8)16(15)21/h1-7,21H,17H2,(H,18,19)(H,22,23,24)(H,25,26,27)(H,28,29,30). The van der Waals surface area contributed by atoms with Crippen LogP contribution in [0.5, 0.6) is 5.75 Å². The number of nitrogens with two attached hydrogens (primary N) is 1. The summed E-state index contributed by atoms with van der Waals surface area (Å²) in [7, 11) is -14.4. The maximum atomic E-state index is 11.8. The van der Waals surface area contributed by atoms with Gasteiger partial charge in [-0.2, -0.15) is 25.3 Å². The molecule has 0 saturated carbocycles. The first-order valence-electron chi connectivity index (χ1n) is 8.37. The third kappa shape index (κ3) is 5.18. The smallest absolute Gasteiger partial charge is 0.296 e. The van der Waals surface area contributed by atoms with Gasteiger partial charge in [0.2, 0.25) is 0 Å². The van der Waals surface area contributed by atoms with E-state index in [4.69, 9.17) is 10.3 Å². The molecule has 0 saturated heterocycles. The molecule has 3 rings (SSSR count). The van der Waals surface area contributed by atoms with Crippen LogP contribution in [0.25, 0.3) is 10.8 Å². The molecule has 0 radical (unpaired) electrons. The molecule has 0 unspecified atom stereocenters. The Morgan fingerprint density at radius 1 is 0.788 bits per heavy atom. The van der Waals surface area contributed by atoms with Crippen LogP contribution in [0.3, 0.4) is 0 Å². The SMILES string of the molecule is Nc1ccc(S(=O)(=O)O)c(N=NNc2c(S(=O)(=O)O)cc3cc(S(=O)(=O)O)ccc3c2O)c1. The zero-order chi connectivity index (χ0) is 24.8. The second-order valence-corrected chi connectivity index (χ2v) is 10.6. The van der Waals surface area contributed by atoms with E-state index in [2.05, 4.69) is 15.8 Å². The first-order chi connectivity index (χ1) is 15.1. The van der Waals surface area contributed by atoms with Crippen molar-refractivity contribution in [1.29, 1.82) is 0 Å². The first-order valence-corrected chi connectivity index (χ1v) is 12.7. The number of nitrogens with zero attached hydrogens (tertiary/aromatic N) is 2. The summed E-state index contributed by atoms with van der Waals surface area (Å²) in [6.07, 6.45) is 0. The highest BCUT2D eigenvalue weighted by Crippen LogP contribution is 2.39. The lowest BCUT2D eigenvalue weighted by Crippen LogP contribution is -2.04. The number of anilines is 2. The second kappa shape index (κ2) is 8.21. The summed E-state index contributed by atoms with van der Waals surface area (Å²) < 4.78 is 97.2. The van der Waals surface area contributed by atoms with E-state index in [9.17, 15) is 39.5 Å². The summed E-state index contributed by atoms with van der Waals surface area (Å²) in [5, 5.41) is 17.1. The Labute approximate surface area is 186 Å². The predicted octanol–water partition coefficient (Wildman–Crippen LogP) is 1.98. The third-order valence-corrected chi connectivity index (χ3v) is 6.83. The number of phenols is 1. The third-order valence-electron chi connectivity index (χ3n) is 4.20. The number of aromatic hydroxyl groups is 1. The largest absolute Gasteiger partial charge is 0.505 e. The molecule has 0 fully saturated rings. The minimum absolute atomic E-state index is 0.0539. The lowest BCUT2D eigenvalue weighted by Gasteiger charge is -2.12. The average Bonchev–Trinajstić information content (AvgIpc) is 2.66. The minimum Gasteiger partial charge on any atom is -0.505 e. The number of nitrogens with one attached hydrogen (secondary N) is 1. The van der Waals surface area contributed by atoms with E-state index in [0.717, 1.165) is 36.4 Å².